The van der Waals surface area contributed by atoms with Gasteiger partial charge >= 0.3 is 0 Å². The zero-order chi connectivity index (χ0) is 22.4. The van der Waals surface area contributed by atoms with Crippen molar-refractivity contribution in [1.82, 2.24) is 14.5 Å². The molecule has 0 aliphatic heterocycles. The summed E-state index contributed by atoms with van der Waals surface area (Å²) in [5.41, 5.74) is 5.90. The van der Waals surface area contributed by atoms with Gasteiger partial charge in [0.1, 0.15) is 11.3 Å². The zero-order valence-electron chi connectivity index (χ0n) is 17.4. The standard InChI is InChI=1S/C28H17Br2N3/c29-22-15-21(16-23(30)17-22)28-32-27-25(33(28)24-8-2-1-3-9-24)12-13-31-26(27)20-11-10-18-6-4-5-7-19(18)14-20/h1-17H. The van der Waals surface area contributed by atoms with Crippen molar-refractivity contribution in [3.63, 3.8) is 0 Å². The van der Waals surface area contributed by atoms with Gasteiger partial charge in [0.15, 0.2) is 0 Å². The van der Waals surface area contributed by atoms with Crippen molar-refractivity contribution in [3.05, 3.63) is 112 Å². The fraction of sp³-hybridized carbons (Fsp3) is 0. The Bertz CT molecular complexity index is 1620. The highest BCUT2D eigenvalue weighted by Crippen LogP contribution is 2.35. The molecule has 5 heteroatoms. The van der Waals surface area contributed by atoms with E-state index in [9.17, 15) is 0 Å². The number of pyridine rings is 1. The van der Waals surface area contributed by atoms with E-state index in [1.807, 2.05) is 36.5 Å². The molecule has 2 aromatic heterocycles. The molecule has 0 spiro atoms. The van der Waals surface area contributed by atoms with Crippen molar-refractivity contribution in [2.45, 2.75) is 0 Å². The molecule has 6 rings (SSSR count). The Hall–Kier alpha value is -3.28. The molecule has 0 fully saturated rings. The van der Waals surface area contributed by atoms with E-state index in [1.165, 1.54) is 10.8 Å². The third-order valence-electron chi connectivity index (χ3n) is 5.73. The number of rotatable bonds is 3. The Morgan fingerprint density at radius 3 is 2.15 bits per heavy atom. The molecule has 0 aliphatic carbocycles. The summed E-state index contributed by atoms with van der Waals surface area (Å²) in [6, 6.07) is 33.4. The minimum Gasteiger partial charge on any atom is -0.292 e. The van der Waals surface area contributed by atoms with Crippen LogP contribution in [0.25, 0.3) is 50.1 Å². The first kappa shape index (κ1) is 20.3. The van der Waals surface area contributed by atoms with E-state index in [4.69, 9.17) is 9.97 Å². The molecule has 4 aromatic carbocycles. The molecular weight excluding hydrogens is 538 g/mol. The molecule has 0 atom stereocenters. The molecule has 0 radical (unpaired) electrons. The smallest absolute Gasteiger partial charge is 0.145 e. The Labute approximate surface area is 208 Å². The normalized spacial score (nSPS) is 11.3. The molecule has 158 valence electrons. The van der Waals surface area contributed by atoms with Gasteiger partial charge in [0.2, 0.25) is 0 Å². The fourth-order valence-corrected chi connectivity index (χ4v) is 5.56. The molecule has 3 nitrogen and oxygen atoms in total. The lowest BCUT2D eigenvalue weighted by Crippen LogP contribution is -1.97. The van der Waals surface area contributed by atoms with Crippen molar-refractivity contribution in [2.24, 2.45) is 0 Å². The molecule has 2 heterocycles. The van der Waals surface area contributed by atoms with E-state index in [0.29, 0.717) is 0 Å². The Kier molecular flexibility index (Phi) is 5.08. The van der Waals surface area contributed by atoms with Crippen LogP contribution in [0.1, 0.15) is 0 Å². The second-order valence-corrected chi connectivity index (χ2v) is 9.69. The van der Waals surface area contributed by atoms with Gasteiger partial charge in [-0.05, 0) is 53.2 Å². The number of hydrogen-bond donors (Lipinski definition) is 0. The summed E-state index contributed by atoms with van der Waals surface area (Å²) in [5, 5.41) is 2.40. The van der Waals surface area contributed by atoms with Gasteiger partial charge in [0.05, 0.1) is 11.2 Å². The first-order valence-electron chi connectivity index (χ1n) is 10.6. The largest absolute Gasteiger partial charge is 0.292 e. The van der Waals surface area contributed by atoms with Crippen LogP contribution >= 0.6 is 31.9 Å². The highest BCUT2D eigenvalue weighted by atomic mass is 79.9. The lowest BCUT2D eigenvalue weighted by molar-refractivity contribution is 1.10. The van der Waals surface area contributed by atoms with Gasteiger partial charge < -0.3 is 0 Å². The van der Waals surface area contributed by atoms with Crippen molar-refractivity contribution in [3.8, 4) is 28.3 Å². The number of halogens is 2. The highest BCUT2D eigenvalue weighted by Gasteiger charge is 2.19. The molecule has 0 N–H and O–H groups in total. The summed E-state index contributed by atoms with van der Waals surface area (Å²) in [6.07, 6.45) is 1.87. The van der Waals surface area contributed by atoms with Crippen LogP contribution < -0.4 is 0 Å². The number of benzene rings is 4. The molecule has 0 bridgehead atoms. The first-order chi connectivity index (χ1) is 16.2. The topological polar surface area (TPSA) is 30.7 Å². The maximum Gasteiger partial charge on any atom is 0.145 e. The van der Waals surface area contributed by atoms with Crippen molar-refractivity contribution >= 4 is 53.7 Å². The monoisotopic (exact) mass is 553 g/mol. The maximum atomic E-state index is 5.16. The summed E-state index contributed by atoms with van der Waals surface area (Å²) in [5.74, 6) is 0.869. The third kappa shape index (κ3) is 3.67. The van der Waals surface area contributed by atoms with Crippen molar-refractivity contribution in [2.75, 3.05) is 0 Å². The Morgan fingerprint density at radius 2 is 1.36 bits per heavy atom. The summed E-state index contributed by atoms with van der Waals surface area (Å²) in [7, 11) is 0. The average Bonchev–Trinajstić information content (AvgIpc) is 3.23. The number of para-hydroxylation sites is 1. The van der Waals surface area contributed by atoms with Gasteiger partial charge in [0.25, 0.3) is 0 Å². The van der Waals surface area contributed by atoms with Crippen LogP contribution in [-0.2, 0) is 0 Å². The Morgan fingerprint density at radius 1 is 0.636 bits per heavy atom. The van der Waals surface area contributed by atoms with E-state index in [0.717, 1.165) is 48.3 Å². The quantitative estimate of drug-likeness (QED) is 0.220. The SMILES string of the molecule is Brc1cc(Br)cc(-c2nc3c(-c4ccc5ccccc5c4)nccc3n2-c2ccccc2)c1. The molecule has 33 heavy (non-hydrogen) atoms. The van der Waals surface area contributed by atoms with Gasteiger partial charge in [-0.2, -0.15) is 0 Å². The van der Waals surface area contributed by atoms with Crippen LogP contribution in [0.3, 0.4) is 0 Å². The van der Waals surface area contributed by atoms with E-state index < -0.39 is 0 Å². The van der Waals surface area contributed by atoms with Crippen LogP contribution in [-0.4, -0.2) is 14.5 Å². The zero-order valence-corrected chi connectivity index (χ0v) is 20.6. The average molecular weight is 555 g/mol. The highest BCUT2D eigenvalue weighted by molar-refractivity contribution is 9.11. The van der Waals surface area contributed by atoms with Crippen LogP contribution in [0.5, 0.6) is 0 Å². The molecule has 6 aromatic rings. The second-order valence-electron chi connectivity index (χ2n) is 7.85. The van der Waals surface area contributed by atoms with Crippen molar-refractivity contribution in [1.29, 1.82) is 0 Å². The van der Waals surface area contributed by atoms with Crippen molar-refractivity contribution < 1.29 is 0 Å². The van der Waals surface area contributed by atoms with Gasteiger partial charge in [-0.3, -0.25) is 9.55 Å². The number of hydrogen-bond acceptors (Lipinski definition) is 2. The second kappa shape index (κ2) is 8.25. The maximum absolute atomic E-state index is 5.16. The van der Waals surface area contributed by atoms with E-state index in [1.54, 1.807) is 0 Å². The molecule has 0 unspecified atom stereocenters. The molecule has 0 saturated heterocycles. The first-order valence-corrected chi connectivity index (χ1v) is 12.1. The molecule has 0 saturated carbocycles. The third-order valence-corrected chi connectivity index (χ3v) is 6.65. The minimum absolute atomic E-state index is 0.869. The van der Waals surface area contributed by atoms with E-state index >= 15 is 0 Å². The molecular formula is C28H17Br2N3. The summed E-state index contributed by atoms with van der Waals surface area (Å²) >= 11 is 7.26. The molecule has 0 amide bonds. The number of imidazole rings is 1. The molecule has 0 aliphatic rings. The Balaban J connectivity index is 1.66. The lowest BCUT2D eigenvalue weighted by Gasteiger charge is -2.10. The number of fused-ring (bicyclic) bond motifs is 2. The summed E-state index contributed by atoms with van der Waals surface area (Å²) in [6.45, 7) is 0. The van der Waals surface area contributed by atoms with E-state index in [-0.39, 0.29) is 0 Å². The lowest BCUT2D eigenvalue weighted by atomic mass is 10.0. The summed E-state index contributed by atoms with van der Waals surface area (Å²) in [4.78, 5) is 9.92. The van der Waals surface area contributed by atoms with E-state index in [2.05, 4.69) is 103 Å². The van der Waals surface area contributed by atoms with Crippen LogP contribution in [0.4, 0.5) is 0 Å². The van der Waals surface area contributed by atoms with Gasteiger partial charge in [-0.15, -0.1) is 0 Å². The predicted molar refractivity (Wildman–Crippen MR) is 143 cm³/mol. The summed E-state index contributed by atoms with van der Waals surface area (Å²) < 4.78 is 4.19. The van der Waals surface area contributed by atoms with Crippen LogP contribution in [0.2, 0.25) is 0 Å². The number of nitrogens with zero attached hydrogens (tertiary/aromatic N) is 3. The van der Waals surface area contributed by atoms with Crippen LogP contribution in [0, 0.1) is 0 Å². The number of aromatic nitrogens is 3. The van der Waals surface area contributed by atoms with Crippen LogP contribution in [0.15, 0.2) is 112 Å². The fourth-order valence-electron chi connectivity index (χ4n) is 4.27. The van der Waals surface area contributed by atoms with Gasteiger partial charge in [0, 0.05) is 32.0 Å². The predicted octanol–water partition coefficient (Wildman–Crippen LogP) is 8.43. The minimum atomic E-state index is 0.869. The van der Waals surface area contributed by atoms with Gasteiger partial charge in [-0.1, -0.05) is 86.5 Å². The van der Waals surface area contributed by atoms with Gasteiger partial charge in [-0.25, -0.2) is 4.98 Å².